The van der Waals surface area contributed by atoms with Gasteiger partial charge in [-0.25, -0.2) is 0 Å². The Bertz CT molecular complexity index is 404. The minimum Gasteiger partial charge on any atom is -0.542 e. The number of hydrogen-bond acceptors (Lipinski definition) is 5. The maximum absolute atomic E-state index is 10.4. The zero-order valence-corrected chi connectivity index (χ0v) is 9.83. The largest absolute Gasteiger partial charge is 0.542 e. The third kappa shape index (κ3) is 7.13. The van der Waals surface area contributed by atoms with E-state index in [9.17, 15) is 19.5 Å². The molecule has 1 unspecified atom stereocenters. The summed E-state index contributed by atoms with van der Waals surface area (Å²) in [4.78, 5) is 29.1. The summed E-state index contributed by atoms with van der Waals surface area (Å²) in [5.41, 5.74) is 6.30. The molecule has 0 saturated carbocycles. The van der Waals surface area contributed by atoms with Crippen molar-refractivity contribution in [3.63, 3.8) is 0 Å². The quantitative estimate of drug-likeness (QED) is 0.661. The van der Waals surface area contributed by atoms with Crippen LogP contribution in [0.1, 0.15) is 12.5 Å². The number of ketones is 1. The number of aliphatic carboxylic acids is 2. The first-order valence-corrected chi connectivity index (χ1v) is 5.08. The average molecular weight is 252 g/mol. The zero-order valence-electron chi connectivity index (χ0n) is 9.83. The number of Topliss-reactive ketones (excluding diaryl/α,β-unsaturated/α-hetero) is 1. The highest BCUT2D eigenvalue weighted by Gasteiger charge is 2.10. The predicted molar refractivity (Wildman–Crippen MR) is 61.4 cm³/mol. The fourth-order valence-corrected chi connectivity index (χ4v) is 0.955. The van der Waals surface area contributed by atoms with Gasteiger partial charge in [0.15, 0.2) is 5.78 Å². The van der Waals surface area contributed by atoms with Crippen LogP contribution in [0.25, 0.3) is 0 Å². The molecule has 18 heavy (non-hydrogen) atoms. The van der Waals surface area contributed by atoms with Crippen LogP contribution in [-0.4, -0.2) is 28.9 Å². The molecule has 0 bridgehead atoms. The minimum absolute atomic E-state index is 0.385. The Kier molecular flexibility index (Phi) is 6.99. The normalized spacial score (nSPS) is 10.8. The first-order valence-electron chi connectivity index (χ1n) is 5.08. The van der Waals surface area contributed by atoms with Crippen LogP contribution < -0.4 is 10.8 Å². The molecule has 0 radical (unpaired) electrons. The standard InChI is InChI=1S/C9H11NO2.C3H4O3/c10-8(9(11)12)6-7-4-2-1-3-5-7;1-2(4)3(5)6/h1-5,8H,6,10H2,(H,11,12);1H3,(H,5,6)/p-1. The van der Waals surface area contributed by atoms with Gasteiger partial charge in [0, 0.05) is 6.92 Å². The van der Waals surface area contributed by atoms with Crippen LogP contribution >= 0.6 is 0 Å². The first kappa shape index (κ1) is 15.8. The van der Waals surface area contributed by atoms with Crippen LogP contribution in [0.5, 0.6) is 0 Å². The summed E-state index contributed by atoms with van der Waals surface area (Å²) in [5.74, 6) is -3.52. The summed E-state index contributed by atoms with van der Waals surface area (Å²) in [6, 6.07) is 8.54. The topological polar surface area (TPSA) is 121 Å². The van der Waals surface area contributed by atoms with Crippen molar-refractivity contribution < 1.29 is 24.6 Å². The third-order valence-electron chi connectivity index (χ3n) is 1.90. The molecule has 3 N–H and O–H groups in total. The molecule has 0 heterocycles. The Morgan fingerprint density at radius 3 is 2.06 bits per heavy atom. The Hall–Kier alpha value is -2.21. The van der Waals surface area contributed by atoms with Crippen molar-refractivity contribution in [2.45, 2.75) is 19.4 Å². The van der Waals surface area contributed by atoms with E-state index in [0.717, 1.165) is 12.5 Å². The molecule has 1 atom stereocenters. The van der Waals surface area contributed by atoms with Gasteiger partial charge in [-0.2, -0.15) is 0 Å². The average Bonchev–Trinajstić information content (AvgIpc) is 2.30. The van der Waals surface area contributed by atoms with E-state index < -0.39 is 23.8 Å². The van der Waals surface area contributed by atoms with Gasteiger partial charge in [-0.15, -0.1) is 0 Å². The van der Waals surface area contributed by atoms with Crippen LogP contribution in [0.2, 0.25) is 0 Å². The maximum atomic E-state index is 10.4. The van der Waals surface area contributed by atoms with E-state index in [-0.39, 0.29) is 0 Å². The van der Waals surface area contributed by atoms with Gasteiger partial charge < -0.3 is 20.7 Å². The van der Waals surface area contributed by atoms with Crippen molar-refractivity contribution in [3.05, 3.63) is 35.9 Å². The van der Waals surface area contributed by atoms with Crippen molar-refractivity contribution in [2.24, 2.45) is 5.73 Å². The molecular weight excluding hydrogens is 238 g/mol. The van der Waals surface area contributed by atoms with Crippen LogP contribution in [0.15, 0.2) is 30.3 Å². The van der Waals surface area contributed by atoms with Gasteiger partial charge in [-0.05, 0) is 12.0 Å². The van der Waals surface area contributed by atoms with Crippen molar-refractivity contribution in [1.29, 1.82) is 0 Å². The van der Waals surface area contributed by atoms with E-state index in [1.165, 1.54) is 0 Å². The second-order valence-electron chi connectivity index (χ2n) is 3.48. The summed E-state index contributed by atoms with van der Waals surface area (Å²) in [6.07, 6.45) is 0.385. The fourth-order valence-electron chi connectivity index (χ4n) is 0.955. The molecule has 6 nitrogen and oxygen atoms in total. The minimum atomic E-state index is -1.63. The van der Waals surface area contributed by atoms with Gasteiger partial charge in [0.25, 0.3) is 0 Å². The van der Waals surface area contributed by atoms with Gasteiger partial charge in [0.1, 0.15) is 12.0 Å². The molecular formula is C12H14NO5-. The number of carbonyl (C=O) groups is 3. The molecule has 0 fully saturated rings. The first-order chi connectivity index (χ1) is 8.34. The number of hydrogen-bond donors (Lipinski definition) is 2. The Morgan fingerprint density at radius 2 is 1.72 bits per heavy atom. The maximum Gasteiger partial charge on any atom is 0.320 e. The zero-order chi connectivity index (χ0) is 14.1. The molecule has 0 amide bonds. The molecule has 0 saturated heterocycles. The molecule has 98 valence electrons. The second-order valence-corrected chi connectivity index (χ2v) is 3.48. The lowest BCUT2D eigenvalue weighted by atomic mass is 10.1. The smallest absolute Gasteiger partial charge is 0.320 e. The van der Waals surface area contributed by atoms with E-state index in [2.05, 4.69) is 0 Å². The van der Waals surface area contributed by atoms with Crippen molar-refractivity contribution in [2.75, 3.05) is 0 Å². The van der Waals surface area contributed by atoms with E-state index in [4.69, 9.17) is 10.8 Å². The number of carbonyl (C=O) groups excluding carboxylic acids is 2. The van der Waals surface area contributed by atoms with Crippen LogP contribution in [0, 0.1) is 0 Å². The molecule has 0 aromatic heterocycles. The van der Waals surface area contributed by atoms with E-state index in [0.29, 0.717) is 6.42 Å². The lowest BCUT2D eigenvalue weighted by Gasteiger charge is -2.04. The molecule has 6 heteroatoms. The SMILES string of the molecule is CC(=O)C(=O)[O-].NC(Cc1ccccc1)C(=O)O. The lowest BCUT2D eigenvalue weighted by Crippen LogP contribution is -2.32. The summed E-state index contributed by atoms with van der Waals surface area (Å²) < 4.78 is 0. The fraction of sp³-hybridized carbons (Fsp3) is 0.250. The molecule has 1 rings (SSSR count). The molecule has 0 spiro atoms. The van der Waals surface area contributed by atoms with E-state index in [1.807, 2.05) is 30.3 Å². The van der Waals surface area contributed by atoms with Gasteiger partial charge in [0.2, 0.25) is 0 Å². The number of nitrogens with two attached hydrogens (primary N) is 1. The van der Waals surface area contributed by atoms with Gasteiger partial charge in [-0.3, -0.25) is 9.59 Å². The van der Waals surface area contributed by atoms with Crippen LogP contribution in [0.4, 0.5) is 0 Å². The van der Waals surface area contributed by atoms with Crippen molar-refractivity contribution >= 4 is 17.7 Å². The number of carboxylic acid groups (broad SMARTS) is 2. The Morgan fingerprint density at radius 1 is 1.28 bits per heavy atom. The highest BCUT2D eigenvalue weighted by molar-refractivity contribution is 6.30. The third-order valence-corrected chi connectivity index (χ3v) is 1.90. The lowest BCUT2D eigenvalue weighted by molar-refractivity contribution is -0.299. The van der Waals surface area contributed by atoms with Gasteiger partial charge in [-0.1, -0.05) is 30.3 Å². The predicted octanol–water partition coefficient (Wildman–Crippen LogP) is -1.03. The number of carboxylic acids is 2. The Labute approximate surface area is 104 Å². The van der Waals surface area contributed by atoms with Crippen LogP contribution in [0.3, 0.4) is 0 Å². The monoisotopic (exact) mass is 252 g/mol. The van der Waals surface area contributed by atoms with E-state index in [1.54, 1.807) is 0 Å². The van der Waals surface area contributed by atoms with Crippen LogP contribution in [-0.2, 0) is 20.8 Å². The molecule has 0 aliphatic heterocycles. The molecule has 1 aromatic rings. The molecule has 1 aromatic carbocycles. The highest BCUT2D eigenvalue weighted by atomic mass is 16.4. The summed E-state index contributed by atoms with van der Waals surface area (Å²) in [5, 5.41) is 17.8. The van der Waals surface area contributed by atoms with Crippen molar-refractivity contribution in [1.82, 2.24) is 0 Å². The Balaban J connectivity index is 0.000000411. The second kappa shape index (κ2) is 7.97. The summed E-state index contributed by atoms with van der Waals surface area (Å²) >= 11 is 0. The summed E-state index contributed by atoms with van der Waals surface area (Å²) in [7, 11) is 0. The van der Waals surface area contributed by atoms with Gasteiger partial charge in [0.05, 0.1) is 0 Å². The molecule has 0 aliphatic carbocycles. The number of rotatable bonds is 4. The van der Waals surface area contributed by atoms with Gasteiger partial charge >= 0.3 is 5.97 Å². The molecule has 0 aliphatic rings. The van der Waals surface area contributed by atoms with Crippen molar-refractivity contribution in [3.8, 4) is 0 Å². The highest BCUT2D eigenvalue weighted by Crippen LogP contribution is 2.01. The summed E-state index contributed by atoms with van der Waals surface area (Å²) in [6.45, 7) is 0.940. The van der Waals surface area contributed by atoms with E-state index >= 15 is 0 Å². The number of benzene rings is 1.